The number of nitrogens with two attached hydrogens (primary N) is 1. The Kier molecular flexibility index (Phi) is 7.72. The Morgan fingerprint density at radius 2 is 2.12 bits per heavy atom. The highest BCUT2D eigenvalue weighted by atomic mass is 79.9. The Labute approximate surface area is 201 Å². The molecule has 0 aliphatic heterocycles. The fraction of sp³-hybridized carbons (Fsp3) is 0.286. The van der Waals surface area contributed by atoms with Gasteiger partial charge in [0.25, 0.3) is 18.2 Å². The number of amides is 1. The van der Waals surface area contributed by atoms with Gasteiger partial charge in [0, 0.05) is 18.2 Å². The molecule has 9 nitrogen and oxygen atoms in total. The maximum atomic E-state index is 14.1. The number of carbonyl (C=O) groups is 1. The zero-order valence-corrected chi connectivity index (χ0v) is 19.6. The molecule has 0 fully saturated rings. The highest BCUT2D eigenvalue weighted by molar-refractivity contribution is 9.10. The predicted molar refractivity (Wildman–Crippen MR) is 118 cm³/mol. The van der Waals surface area contributed by atoms with Crippen LogP contribution in [0.5, 0.6) is 5.88 Å². The van der Waals surface area contributed by atoms with Crippen LogP contribution < -0.4 is 10.5 Å². The number of nitrogen functional groups attached to an aromatic ring is 1. The van der Waals surface area contributed by atoms with Crippen molar-refractivity contribution in [2.45, 2.75) is 32.5 Å². The van der Waals surface area contributed by atoms with Crippen LogP contribution in [-0.2, 0) is 13.1 Å². The van der Waals surface area contributed by atoms with E-state index in [0.29, 0.717) is 4.60 Å². The number of rotatable bonds is 8. The third kappa shape index (κ3) is 5.82. The number of hydrogen-bond donors (Lipinski definition) is 1. The van der Waals surface area contributed by atoms with Gasteiger partial charge in [-0.1, -0.05) is 0 Å². The molecular formula is C21H19BrF3N7O2. The van der Waals surface area contributed by atoms with Crippen LogP contribution in [0.25, 0.3) is 0 Å². The van der Waals surface area contributed by atoms with E-state index in [0.717, 1.165) is 16.8 Å². The summed E-state index contributed by atoms with van der Waals surface area (Å²) in [6.07, 6.45) is -2.15. The standard InChI is InChI=1S/C21H19BrF3N7O2/c1-11(34-20-19(27)28-8-17(22)29-20)16-5-12(23)3-4-15(16)21(33)31(2)9-14-6-13(7-26)30-32(14)10-18(24)25/h3-6,8,11,18H,9-10H2,1-2H3,(H2,27,28)/t11-/m1/s1. The molecule has 3 rings (SSSR count). The molecule has 178 valence electrons. The van der Waals surface area contributed by atoms with Crippen molar-refractivity contribution in [1.82, 2.24) is 24.6 Å². The van der Waals surface area contributed by atoms with Gasteiger partial charge >= 0.3 is 0 Å². The van der Waals surface area contributed by atoms with Gasteiger partial charge in [-0.3, -0.25) is 9.48 Å². The van der Waals surface area contributed by atoms with Gasteiger partial charge in [0.15, 0.2) is 11.5 Å². The van der Waals surface area contributed by atoms with Crippen LogP contribution in [0.1, 0.15) is 40.3 Å². The summed E-state index contributed by atoms with van der Waals surface area (Å²) in [4.78, 5) is 22.5. The SMILES string of the molecule is C[C@@H](Oc1nc(Br)cnc1N)c1cc(F)ccc1C(=O)N(C)Cc1cc(C#N)nn1CC(F)F. The molecular weight excluding hydrogens is 519 g/mol. The molecule has 1 aromatic carbocycles. The summed E-state index contributed by atoms with van der Waals surface area (Å²) in [6, 6.07) is 6.71. The molecule has 0 radical (unpaired) electrons. The lowest BCUT2D eigenvalue weighted by molar-refractivity contribution is 0.0772. The van der Waals surface area contributed by atoms with Crippen molar-refractivity contribution in [2.75, 3.05) is 12.8 Å². The number of halogens is 4. The summed E-state index contributed by atoms with van der Waals surface area (Å²) in [7, 11) is 1.45. The summed E-state index contributed by atoms with van der Waals surface area (Å²) in [5, 5.41) is 12.9. The molecule has 2 heterocycles. The van der Waals surface area contributed by atoms with Crippen molar-refractivity contribution in [3.05, 3.63) is 63.4 Å². The van der Waals surface area contributed by atoms with Gasteiger partial charge in [-0.05, 0) is 47.1 Å². The largest absolute Gasteiger partial charge is 0.467 e. The normalized spacial score (nSPS) is 11.8. The lowest BCUT2D eigenvalue weighted by atomic mass is 10.0. The van der Waals surface area contributed by atoms with Crippen LogP contribution in [0.3, 0.4) is 0 Å². The van der Waals surface area contributed by atoms with E-state index in [-0.39, 0.29) is 40.8 Å². The zero-order valence-electron chi connectivity index (χ0n) is 18.0. The van der Waals surface area contributed by atoms with Crippen molar-refractivity contribution in [1.29, 1.82) is 5.26 Å². The van der Waals surface area contributed by atoms with Crippen LogP contribution >= 0.6 is 15.9 Å². The fourth-order valence-electron chi connectivity index (χ4n) is 3.19. The third-order valence-electron chi connectivity index (χ3n) is 4.74. The lowest BCUT2D eigenvalue weighted by Gasteiger charge is -2.22. The number of benzene rings is 1. The van der Waals surface area contributed by atoms with E-state index in [1.54, 1.807) is 13.0 Å². The molecule has 2 N–H and O–H groups in total. The molecule has 0 aliphatic carbocycles. The molecule has 13 heteroatoms. The topological polar surface area (TPSA) is 123 Å². The second kappa shape index (κ2) is 10.5. The van der Waals surface area contributed by atoms with Gasteiger partial charge in [0.2, 0.25) is 0 Å². The molecule has 1 atom stereocenters. The van der Waals surface area contributed by atoms with Crippen molar-refractivity contribution >= 4 is 27.7 Å². The summed E-state index contributed by atoms with van der Waals surface area (Å²) in [6.45, 7) is 0.752. The minimum atomic E-state index is -2.69. The van der Waals surface area contributed by atoms with E-state index < -0.39 is 30.8 Å². The number of aromatic nitrogens is 4. The van der Waals surface area contributed by atoms with Gasteiger partial charge in [0.05, 0.1) is 18.4 Å². The second-order valence-electron chi connectivity index (χ2n) is 7.24. The number of nitriles is 1. The third-order valence-corrected chi connectivity index (χ3v) is 5.12. The van der Waals surface area contributed by atoms with Crippen LogP contribution in [0.4, 0.5) is 19.0 Å². The molecule has 0 unspecified atom stereocenters. The van der Waals surface area contributed by atoms with E-state index in [1.165, 1.54) is 30.3 Å². The molecule has 0 spiro atoms. The number of ether oxygens (including phenoxy) is 1. The van der Waals surface area contributed by atoms with Crippen LogP contribution in [-0.4, -0.2) is 44.0 Å². The number of hydrogen-bond acceptors (Lipinski definition) is 7. The molecule has 0 saturated heterocycles. The van der Waals surface area contributed by atoms with Crippen molar-refractivity contribution in [2.24, 2.45) is 0 Å². The molecule has 2 aromatic heterocycles. The average Bonchev–Trinajstić information content (AvgIpc) is 3.16. The number of carbonyl (C=O) groups excluding carboxylic acids is 1. The predicted octanol–water partition coefficient (Wildman–Crippen LogP) is 3.71. The van der Waals surface area contributed by atoms with Crippen LogP contribution in [0.15, 0.2) is 35.1 Å². The fourth-order valence-corrected chi connectivity index (χ4v) is 3.45. The Hall–Kier alpha value is -3.66. The van der Waals surface area contributed by atoms with Crippen molar-refractivity contribution in [3.63, 3.8) is 0 Å². The van der Waals surface area contributed by atoms with E-state index >= 15 is 0 Å². The summed E-state index contributed by atoms with van der Waals surface area (Å²) < 4.78 is 46.9. The summed E-state index contributed by atoms with van der Waals surface area (Å²) in [5.74, 6) is -1.11. The van der Waals surface area contributed by atoms with Crippen molar-refractivity contribution in [3.8, 4) is 11.9 Å². The maximum absolute atomic E-state index is 14.1. The van der Waals surface area contributed by atoms with Gasteiger partial charge < -0.3 is 15.4 Å². The van der Waals surface area contributed by atoms with Crippen LogP contribution in [0.2, 0.25) is 0 Å². The molecule has 0 bridgehead atoms. The van der Waals surface area contributed by atoms with Gasteiger partial charge in [-0.15, -0.1) is 0 Å². The highest BCUT2D eigenvalue weighted by Gasteiger charge is 2.24. The maximum Gasteiger partial charge on any atom is 0.258 e. The average molecular weight is 538 g/mol. The molecule has 1 amide bonds. The monoisotopic (exact) mass is 537 g/mol. The number of alkyl halides is 2. The number of anilines is 1. The van der Waals surface area contributed by atoms with Crippen molar-refractivity contribution < 1.29 is 22.7 Å². The Morgan fingerprint density at radius 3 is 2.79 bits per heavy atom. The summed E-state index contributed by atoms with van der Waals surface area (Å²) in [5.41, 5.74) is 6.33. The lowest BCUT2D eigenvalue weighted by Crippen LogP contribution is -2.29. The molecule has 3 aromatic rings. The Morgan fingerprint density at radius 1 is 1.38 bits per heavy atom. The van der Waals surface area contributed by atoms with Gasteiger partial charge in [0.1, 0.15) is 29.1 Å². The molecule has 0 saturated carbocycles. The first-order valence-electron chi connectivity index (χ1n) is 9.83. The molecule has 34 heavy (non-hydrogen) atoms. The summed E-state index contributed by atoms with van der Waals surface area (Å²) >= 11 is 3.17. The van der Waals surface area contributed by atoms with Crippen LogP contribution in [0, 0.1) is 17.1 Å². The first-order valence-corrected chi connectivity index (χ1v) is 10.6. The van der Waals surface area contributed by atoms with Gasteiger partial charge in [-0.2, -0.15) is 10.4 Å². The highest BCUT2D eigenvalue weighted by Crippen LogP contribution is 2.28. The second-order valence-corrected chi connectivity index (χ2v) is 8.05. The minimum Gasteiger partial charge on any atom is -0.467 e. The van der Waals surface area contributed by atoms with E-state index in [2.05, 4.69) is 31.0 Å². The zero-order chi connectivity index (χ0) is 25.0. The van der Waals surface area contributed by atoms with E-state index in [9.17, 15) is 18.0 Å². The smallest absolute Gasteiger partial charge is 0.258 e. The first kappa shape index (κ1) is 25.0. The Bertz CT molecular complexity index is 1250. The minimum absolute atomic E-state index is 0.00202. The first-order chi connectivity index (χ1) is 16.1. The molecule has 0 aliphatic rings. The Balaban J connectivity index is 1.87. The van der Waals surface area contributed by atoms with E-state index in [4.69, 9.17) is 15.7 Å². The number of nitrogens with zero attached hydrogens (tertiary/aromatic N) is 6. The van der Waals surface area contributed by atoms with Gasteiger partial charge in [-0.25, -0.2) is 23.1 Å². The van der Waals surface area contributed by atoms with E-state index in [1.807, 2.05) is 0 Å². The quantitative estimate of drug-likeness (QED) is 0.464.